The Kier molecular flexibility index (Phi) is 4.85. The fourth-order valence-electron chi connectivity index (χ4n) is 0.428. The normalized spacial score (nSPS) is 17.6. The van der Waals surface area contributed by atoms with Gasteiger partial charge in [-0.3, -0.25) is 9.47 Å². The number of ether oxygens (including phenoxy) is 2. The highest BCUT2D eigenvalue weighted by Crippen LogP contribution is 2.33. The van der Waals surface area contributed by atoms with Crippen molar-refractivity contribution in [2.45, 2.75) is 31.6 Å². The minimum atomic E-state index is -5.84. The Morgan fingerprint density at radius 2 is 1.19 bits per heavy atom. The monoisotopic (exact) mass is 266 g/mol. The summed E-state index contributed by atoms with van der Waals surface area (Å²) in [5, 5.41) is 0. The van der Waals surface area contributed by atoms with Crippen LogP contribution in [0.15, 0.2) is 0 Å². The maximum absolute atomic E-state index is 12.2. The summed E-state index contributed by atoms with van der Waals surface area (Å²) < 4.78 is 110. The van der Waals surface area contributed by atoms with Gasteiger partial charge in [0.15, 0.2) is 0 Å². The van der Waals surface area contributed by atoms with Gasteiger partial charge in [0.2, 0.25) is 0 Å². The maximum atomic E-state index is 12.2. The molecule has 0 saturated heterocycles. The number of hydrogen-bond acceptors (Lipinski definition) is 2. The highest BCUT2D eigenvalue weighted by molar-refractivity contribution is 4.63. The highest BCUT2D eigenvalue weighted by Gasteiger charge is 2.53. The first-order valence-electron chi connectivity index (χ1n) is 3.31. The molecule has 11 heteroatoms. The van der Waals surface area contributed by atoms with Crippen molar-refractivity contribution >= 4 is 0 Å². The molecule has 2 atom stereocenters. The Labute approximate surface area is 81.9 Å². The molecule has 0 rings (SSSR count). The summed E-state index contributed by atoms with van der Waals surface area (Å²) in [4.78, 5) is 0. The quantitative estimate of drug-likeness (QED) is 0.712. The molecule has 0 bridgehead atoms. The van der Waals surface area contributed by atoms with Crippen molar-refractivity contribution in [2.75, 3.05) is 0 Å². The average Bonchev–Trinajstić information content (AvgIpc) is 1.99. The molecule has 0 amide bonds. The summed E-state index contributed by atoms with van der Waals surface area (Å²) in [6.45, 7) is -4.02. The second-order valence-corrected chi connectivity index (χ2v) is 2.25. The van der Waals surface area contributed by atoms with E-state index in [-0.39, 0.29) is 0 Å². The Bertz CT molecular complexity index is 214. The molecule has 0 heterocycles. The zero-order valence-electron chi connectivity index (χ0n) is 6.95. The summed E-state index contributed by atoms with van der Waals surface area (Å²) >= 11 is 0. The van der Waals surface area contributed by atoms with Gasteiger partial charge in [0.1, 0.15) is 0 Å². The largest absolute Gasteiger partial charge is 0.445 e. The van der Waals surface area contributed by atoms with Crippen LogP contribution in [0.25, 0.3) is 0 Å². The molecule has 0 spiro atoms. The lowest BCUT2D eigenvalue weighted by Crippen LogP contribution is -2.42. The van der Waals surface area contributed by atoms with Gasteiger partial charge < -0.3 is 0 Å². The van der Waals surface area contributed by atoms with Crippen LogP contribution in [0.3, 0.4) is 0 Å². The van der Waals surface area contributed by atoms with Gasteiger partial charge in [0.25, 0.3) is 12.7 Å². The molecular weight excluding hydrogens is 263 g/mol. The van der Waals surface area contributed by atoms with Gasteiger partial charge in [-0.25, -0.2) is 8.78 Å². The molecule has 0 aliphatic heterocycles. The Hall–Kier alpha value is -0.710. The predicted molar refractivity (Wildman–Crippen MR) is 29.0 cm³/mol. The molecule has 0 aromatic carbocycles. The van der Waals surface area contributed by atoms with E-state index in [4.69, 9.17) is 0 Å². The van der Waals surface area contributed by atoms with E-state index in [0.29, 0.717) is 0 Å². The van der Waals surface area contributed by atoms with E-state index in [1.54, 1.807) is 0 Å². The molecule has 2 unspecified atom stereocenters. The van der Waals surface area contributed by atoms with Gasteiger partial charge in [-0.05, 0) is 0 Å². The van der Waals surface area contributed by atoms with Crippen LogP contribution in [-0.4, -0.2) is 31.6 Å². The maximum Gasteiger partial charge on any atom is 0.445 e. The molecule has 0 fully saturated rings. The van der Waals surface area contributed by atoms with Crippen LogP contribution < -0.4 is 0 Å². The number of alkyl halides is 9. The third kappa shape index (κ3) is 4.88. The van der Waals surface area contributed by atoms with E-state index in [2.05, 4.69) is 9.47 Å². The zero-order chi connectivity index (χ0) is 13.1. The van der Waals surface area contributed by atoms with E-state index in [0.717, 1.165) is 0 Å². The van der Waals surface area contributed by atoms with Crippen molar-refractivity contribution in [3.8, 4) is 0 Å². The lowest BCUT2D eigenvalue weighted by molar-refractivity contribution is -0.411. The molecule has 0 aromatic rings. The first-order chi connectivity index (χ1) is 6.97. The van der Waals surface area contributed by atoms with E-state index in [1.165, 1.54) is 0 Å². The molecule has 16 heavy (non-hydrogen) atoms. The Morgan fingerprint density at radius 3 is 1.50 bits per heavy atom. The van der Waals surface area contributed by atoms with Crippen LogP contribution in [0, 0.1) is 0 Å². The van der Waals surface area contributed by atoms with Crippen molar-refractivity contribution in [3.63, 3.8) is 0 Å². The van der Waals surface area contributed by atoms with Crippen molar-refractivity contribution in [1.29, 1.82) is 0 Å². The second kappa shape index (κ2) is 5.08. The molecule has 0 aliphatic carbocycles. The molecule has 98 valence electrons. The third-order valence-electron chi connectivity index (χ3n) is 1.00. The third-order valence-corrected chi connectivity index (χ3v) is 1.00. The van der Waals surface area contributed by atoms with E-state index < -0.39 is 31.6 Å². The fourth-order valence-corrected chi connectivity index (χ4v) is 0.428. The lowest BCUT2D eigenvalue weighted by Gasteiger charge is -2.23. The molecule has 2 nitrogen and oxygen atoms in total. The molecule has 0 saturated carbocycles. The van der Waals surface area contributed by atoms with Crippen LogP contribution in [0.2, 0.25) is 0 Å². The molecule has 0 aromatic heterocycles. The second-order valence-electron chi connectivity index (χ2n) is 2.25. The van der Waals surface area contributed by atoms with Gasteiger partial charge in [-0.1, -0.05) is 0 Å². The van der Waals surface area contributed by atoms with E-state index in [1.807, 2.05) is 0 Å². The summed E-state index contributed by atoms with van der Waals surface area (Å²) in [7, 11) is 0. The van der Waals surface area contributed by atoms with Gasteiger partial charge in [0.05, 0.1) is 0 Å². The van der Waals surface area contributed by atoms with Crippen LogP contribution in [0.5, 0.6) is 0 Å². The van der Waals surface area contributed by atoms with Crippen molar-refractivity contribution in [1.82, 2.24) is 0 Å². The molecular formula is C5H3F9O2. The van der Waals surface area contributed by atoms with Gasteiger partial charge in [-0.2, -0.15) is 30.7 Å². The first-order valence-corrected chi connectivity index (χ1v) is 3.31. The van der Waals surface area contributed by atoms with E-state index in [9.17, 15) is 39.5 Å². The van der Waals surface area contributed by atoms with Gasteiger partial charge in [0, 0.05) is 0 Å². The number of halogens is 9. The standard InChI is InChI=1S/C5H3F9O2/c6-1(4(10,11)12)16-5(13,14)2(7)15-3(8)9/h1-3H. The van der Waals surface area contributed by atoms with Gasteiger partial charge >= 0.3 is 18.9 Å². The van der Waals surface area contributed by atoms with Crippen LogP contribution in [0.4, 0.5) is 39.5 Å². The predicted octanol–water partition coefficient (Wildman–Crippen LogP) is 2.99. The number of hydrogen-bond donors (Lipinski definition) is 0. The van der Waals surface area contributed by atoms with Crippen molar-refractivity contribution < 1.29 is 49.0 Å². The highest BCUT2D eigenvalue weighted by atomic mass is 19.4. The molecule has 0 aliphatic rings. The van der Waals surface area contributed by atoms with Crippen LogP contribution in [-0.2, 0) is 9.47 Å². The van der Waals surface area contributed by atoms with Gasteiger partial charge in [-0.15, -0.1) is 0 Å². The first kappa shape index (κ1) is 15.3. The Morgan fingerprint density at radius 1 is 0.750 bits per heavy atom. The summed E-state index contributed by atoms with van der Waals surface area (Å²) in [5.41, 5.74) is 0. The Balaban J connectivity index is 4.44. The van der Waals surface area contributed by atoms with Crippen molar-refractivity contribution in [3.05, 3.63) is 0 Å². The summed E-state index contributed by atoms with van der Waals surface area (Å²) in [5.74, 6) is 0. The lowest BCUT2D eigenvalue weighted by atomic mass is 10.6. The SMILES string of the molecule is FC(F)OC(F)C(F)(F)OC(F)C(F)(F)F. The minimum absolute atomic E-state index is 2.31. The van der Waals surface area contributed by atoms with Crippen LogP contribution >= 0.6 is 0 Å². The average molecular weight is 266 g/mol. The molecule has 0 radical (unpaired) electrons. The smallest absolute Gasteiger partial charge is 0.280 e. The minimum Gasteiger partial charge on any atom is -0.280 e. The summed E-state index contributed by atoms with van der Waals surface area (Å²) in [6.07, 6.45) is -20.1. The zero-order valence-corrected chi connectivity index (χ0v) is 6.95. The fraction of sp³-hybridized carbons (Fsp3) is 1.00. The number of rotatable bonds is 5. The topological polar surface area (TPSA) is 18.5 Å². The summed E-state index contributed by atoms with van der Waals surface area (Å²) in [6, 6.07) is 0. The van der Waals surface area contributed by atoms with E-state index >= 15 is 0 Å². The van der Waals surface area contributed by atoms with Crippen LogP contribution in [0.1, 0.15) is 0 Å². The van der Waals surface area contributed by atoms with Crippen molar-refractivity contribution in [2.24, 2.45) is 0 Å². The molecule has 0 N–H and O–H groups in total.